The van der Waals surface area contributed by atoms with Crippen LogP contribution in [0.3, 0.4) is 0 Å². The largest absolute Gasteiger partial charge is 0.416 e. The van der Waals surface area contributed by atoms with Crippen molar-refractivity contribution in [3.8, 4) is 11.3 Å². The average Bonchev–Trinajstić information content (AvgIpc) is 2.83. The summed E-state index contributed by atoms with van der Waals surface area (Å²) in [7, 11) is 0. The highest BCUT2D eigenvalue weighted by atomic mass is 35.5. The van der Waals surface area contributed by atoms with Gasteiger partial charge in [-0.1, -0.05) is 11.6 Å². The fourth-order valence-corrected chi connectivity index (χ4v) is 2.10. The van der Waals surface area contributed by atoms with Gasteiger partial charge in [0.15, 0.2) is 0 Å². The number of aromatic nitrogens is 4. The molecule has 3 rings (SSSR count). The van der Waals surface area contributed by atoms with E-state index >= 15 is 0 Å². The number of pyridine rings is 1. The molecule has 0 aliphatic heterocycles. The minimum absolute atomic E-state index is 0.0271. The molecule has 0 atom stereocenters. The Morgan fingerprint density at radius 1 is 1.24 bits per heavy atom. The molecule has 3 heterocycles. The standard InChI is InChI=1S/C12H7ClF3N5/c13-8-5-18-11(17)20-10(8)7-4-19-21-2-1-6(3-9(7)21)12(14,15)16/h1-5H,(H2,17,18,20). The molecule has 0 amide bonds. The average molecular weight is 314 g/mol. The summed E-state index contributed by atoms with van der Waals surface area (Å²) in [5.74, 6) is -0.0271. The van der Waals surface area contributed by atoms with E-state index in [0.717, 1.165) is 12.1 Å². The molecule has 0 fully saturated rings. The maximum atomic E-state index is 12.8. The van der Waals surface area contributed by atoms with Crippen molar-refractivity contribution < 1.29 is 13.2 Å². The predicted octanol–water partition coefficient (Wildman–Crippen LogP) is 3.05. The van der Waals surface area contributed by atoms with Gasteiger partial charge < -0.3 is 5.73 Å². The smallest absolute Gasteiger partial charge is 0.368 e. The number of halogens is 4. The Morgan fingerprint density at radius 2 is 2.00 bits per heavy atom. The van der Waals surface area contributed by atoms with E-state index in [0.29, 0.717) is 5.56 Å². The van der Waals surface area contributed by atoms with Crippen molar-refractivity contribution in [1.82, 2.24) is 19.6 Å². The lowest BCUT2D eigenvalue weighted by Gasteiger charge is -2.07. The van der Waals surface area contributed by atoms with E-state index in [2.05, 4.69) is 15.1 Å². The molecule has 0 aliphatic rings. The van der Waals surface area contributed by atoms with Crippen molar-refractivity contribution in [1.29, 1.82) is 0 Å². The van der Waals surface area contributed by atoms with Crippen molar-refractivity contribution >= 4 is 23.1 Å². The summed E-state index contributed by atoms with van der Waals surface area (Å²) in [6, 6.07) is 1.93. The van der Waals surface area contributed by atoms with E-state index in [1.807, 2.05) is 0 Å². The summed E-state index contributed by atoms with van der Waals surface area (Å²) in [5.41, 5.74) is 5.52. The zero-order valence-electron chi connectivity index (χ0n) is 10.3. The van der Waals surface area contributed by atoms with Crippen LogP contribution in [0.1, 0.15) is 5.56 Å². The first kappa shape index (κ1) is 13.6. The fourth-order valence-electron chi connectivity index (χ4n) is 1.91. The monoisotopic (exact) mass is 313 g/mol. The molecule has 0 radical (unpaired) electrons. The van der Waals surface area contributed by atoms with Crippen LogP contribution in [0.25, 0.3) is 16.8 Å². The minimum atomic E-state index is -4.45. The van der Waals surface area contributed by atoms with Crippen molar-refractivity contribution in [3.05, 3.63) is 41.3 Å². The molecule has 0 unspecified atom stereocenters. The van der Waals surface area contributed by atoms with E-state index in [1.165, 1.54) is 23.1 Å². The van der Waals surface area contributed by atoms with Gasteiger partial charge in [-0.25, -0.2) is 14.5 Å². The molecule has 108 valence electrons. The summed E-state index contributed by atoms with van der Waals surface area (Å²) in [4.78, 5) is 7.67. The van der Waals surface area contributed by atoms with E-state index in [9.17, 15) is 13.2 Å². The number of fused-ring (bicyclic) bond motifs is 1. The predicted molar refractivity (Wildman–Crippen MR) is 70.6 cm³/mol. The Labute approximate surface area is 121 Å². The third kappa shape index (κ3) is 2.38. The number of hydrogen-bond donors (Lipinski definition) is 1. The summed E-state index contributed by atoms with van der Waals surface area (Å²) in [5, 5.41) is 4.16. The van der Waals surface area contributed by atoms with Crippen LogP contribution in [0.4, 0.5) is 19.1 Å². The van der Waals surface area contributed by atoms with Gasteiger partial charge in [0.1, 0.15) is 0 Å². The number of anilines is 1. The van der Waals surface area contributed by atoms with Crippen LogP contribution in [0.15, 0.2) is 30.7 Å². The van der Waals surface area contributed by atoms with Gasteiger partial charge in [-0.05, 0) is 12.1 Å². The van der Waals surface area contributed by atoms with E-state index in [-0.39, 0.29) is 22.2 Å². The van der Waals surface area contributed by atoms with E-state index < -0.39 is 11.7 Å². The second-order valence-corrected chi connectivity index (χ2v) is 4.63. The molecule has 0 saturated heterocycles. The molecule has 5 nitrogen and oxygen atoms in total. The number of rotatable bonds is 1. The maximum Gasteiger partial charge on any atom is 0.416 e. The Bertz CT molecular complexity index is 827. The van der Waals surface area contributed by atoms with Gasteiger partial charge in [0.05, 0.1) is 34.2 Å². The molecular weight excluding hydrogens is 307 g/mol. The van der Waals surface area contributed by atoms with Gasteiger partial charge in [0.2, 0.25) is 5.95 Å². The molecule has 0 aromatic carbocycles. The fraction of sp³-hybridized carbons (Fsp3) is 0.0833. The third-order valence-electron chi connectivity index (χ3n) is 2.87. The van der Waals surface area contributed by atoms with Gasteiger partial charge in [0.25, 0.3) is 0 Å². The maximum absolute atomic E-state index is 12.8. The first-order chi connectivity index (χ1) is 9.86. The Kier molecular flexibility index (Phi) is 2.98. The van der Waals surface area contributed by atoms with Gasteiger partial charge in [-0.3, -0.25) is 0 Å². The van der Waals surface area contributed by atoms with Crippen LogP contribution >= 0.6 is 11.6 Å². The van der Waals surface area contributed by atoms with Gasteiger partial charge in [-0.15, -0.1) is 0 Å². The lowest BCUT2D eigenvalue weighted by molar-refractivity contribution is -0.137. The van der Waals surface area contributed by atoms with Crippen LogP contribution < -0.4 is 5.73 Å². The Balaban J connectivity index is 2.26. The van der Waals surface area contributed by atoms with Crippen LogP contribution in [-0.2, 0) is 6.18 Å². The molecule has 0 bridgehead atoms. The lowest BCUT2D eigenvalue weighted by atomic mass is 10.1. The minimum Gasteiger partial charge on any atom is -0.368 e. The molecular formula is C12H7ClF3N5. The summed E-state index contributed by atoms with van der Waals surface area (Å²) >= 11 is 5.98. The van der Waals surface area contributed by atoms with Crippen molar-refractivity contribution in [3.63, 3.8) is 0 Å². The van der Waals surface area contributed by atoms with E-state index in [4.69, 9.17) is 17.3 Å². The quantitative estimate of drug-likeness (QED) is 0.749. The van der Waals surface area contributed by atoms with Crippen LogP contribution in [0.2, 0.25) is 5.02 Å². The third-order valence-corrected chi connectivity index (χ3v) is 3.14. The molecule has 9 heteroatoms. The Hall–Kier alpha value is -2.35. The molecule has 0 aliphatic carbocycles. The molecule has 0 spiro atoms. The summed E-state index contributed by atoms with van der Waals surface area (Å²) < 4.78 is 39.7. The molecule has 3 aromatic rings. The van der Waals surface area contributed by atoms with Gasteiger partial charge in [0, 0.05) is 11.8 Å². The number of alkyl halides is 3. The second-order valence-electron chi connectivity index (χ2n) is 4.23. The molecule has 2 N–H and O–H groups in total. The van der Waals surface area contributed by atoms with Gasteiger partial charge in [-0.2, -0.15) is 18.3 Å². The highest BCUT2D eigenvalue weighted by Gasteiger charge is 2.31. The zero-order chi connectivity index (χ0) is 15.2. The number of nitrogen functional groups attached to an aromatic ring is 1. The van der Waals surface area contributed by atoms with Crippen molar-refractivity contribution in [2.45, 2.75) is 6.18 Å². The second kappa shape index (κ2) is 4.59. The molecule has 3 aromatic heterocycles. The van der Waals surface area contributed by atoms with Crippen LogP contribution in [0.5, 0.6) is 0 Å². The first-order valence-corrected chi connectivity index (χ1v) is 6.07. The zero-order valence-corrected chi connectivity index (χ0v) is 11.0. The van der Waals surface area contributed by atoms with Crippen molar-refractivity contribution in [2.75, 3.05) is 5.73 Å². The SMILES string of the molecule is Nc1ncc(Cl)c(-c2cnn3ccc(C(F)(F)F)cc23)n1. The summed E-state index contributed by atoms with van der Waals surface area (Å²) in [6.07, 6.45) is -0.558. The van der Waals surface area contributed by atoms with E-state index in [1.54, 1.807) is 0 Å². The molecule has 21 heavy (non-hydrogen) atoms. The highest BCUT2D eigenvalue weighted by molar-refractivity contribution is 6.33. The number of nitrogens with two attached hydrogens (primary N) is 1. The van der Waals surface area contributed by atoms with Gasteiger partial charge >= 0.3 is 6.18 Å². The first-order valence-electron chi connectivity index (χ1n) is 5.69. The number of hydrogen-bond acceptors (Lipinski definition) is 4. The molecule has 0 saturated carbocycles. The topological polar surface area (TPSA) is 69.1 Å². The number of nitrogens with zero attached hydrogens (tertiary/aromatic N) is 4. The summed E-state index contributed by atoms with van der Waals surface area (Å²) in [6.45, 7) is 0. The van der Waals surface area contributed by atoms with Crippen LogP contribution in [0, 0.1) is 0 Å². The lowest BCUT2D eigenvalue weighted by Crippen LogP contribution is -2.05. The Morgan fingerprint density at radius 3 is 2.71 bits per heavy atom. The highest BCUT2D eigenvalue weighted by Crippen LogP contribution is 2.33. The van der Waals surface area contributed by atoms with Crippen molar-refractivity contribution in [2.24, 2.45) is 0 Å². The normalized spacial score (nSPS) is 12.0. The van der Waals surface area contributed by atoms with Crippen LogP contribution in [-0.4, -0.2) is 19.6 Å².